The molecule has 2 N–H and O–H groups in total. The molecule has 1 atom stereocenters. The number of carbonyl (C=O) groups excluding carboxylic acids is 2. The molecular weight excluding hydrogens is 322 g/mol. The largest absolute Gasteiger partial charge is 0.490 e. The lowest BCUT2D eigenvalue weighted by molar-refractivity contribution is -0.125. The van der Waals surface area contributed by atoms with Crippen molar-refractivity contribution >= 4 is 11.9 Å². The van der Waals surface area contributed by atoms with Crippen LogP contribution in [0, 0.1) is 0 Å². The minimum absolute atomic E-state index is 0.307. The van der Waals surface area contributed by atoms with E-state index in [9.17, 15) is 9.59 Å². The van der Waals surface area contributed by atoms with E-state index in [4.69, 9.17) is 9.47 Å². The van der Waals surface area contributed by atoms with Gasteiger partial charge >= 0.3 is 6.03 Å². The second-order valence-electron chi connectivity index (χ2n) is 5.90. The molecule has 0 saturated carbocycles. The van der Waals surface area contributed by atoms with E-state index in [-0.39, 0.29) is 5.91 Å². The Bertz CT molecular complexity index is 633. The summed E-state index contributed by atoms with van der Waals surface area (Å²) in [5.74, 6) is 1.19. The van der Waals surface area contributed by atoms with Gasteiger partial charge in [-0.05, 0) is 50.5 Å². The molecule has 1 aromatic carbocycles. The number of carbonyl (C=O) groups is 2. The molecule has 1 heterocycles. The second kappa shape index (κ2) is 8.71. The van der Waals surface area contributed by atoms with Crippen molar-refractivity contribution < 1.29 is 19.1 Å². The summed E-state index contributed by atoms with van der Waals surface area (Å²) in [7, 11) is 1.48. The molecule has 1 aromatic rings. The lowest BCUT2D eigenvalue weighted by Crippen LogP contribution is -2.50. The molecule has 0 unspecified atom stereocenters. The summed E-state index contributed by atoms with van der Waals surface area (Å²) >= 11 is 0. The van der Waals surface area contributed by atoms with Crippen LogP contribution in [0.1, 0.15) is 31.9 Å². The third-order valence-electron chi connectivity index (χ3n) is 4.30. The van der Waals surface area contributed by atoms with E-state index in [2.05, 4.69) is 15.5 Å². The first-order chi connectivity index (χ1) is 12.0. The molecule has 25 heavy (non-hydrogen) atoms. The maximum atomic E-state index is 12.2. The molecule has 7 nitrogen and oxygen atoms in total. The molecule has 0 bridgehead atoms. The molecule has 0 aromatic heterocycles. The van der Waals surface area contributed by atoms with Gasteiger partial charge in [0.05, 0.1) is 19.3 Å². The fourth-order valence-electron chi connectivity index (χ4n) is 2.90. The maximum Gasteiger partial charge on any atom is 0.321 e. The Hall–Kier alpha value is -2.28. The normalized spacial score (nSPS) is 15.0. The average molecular weight is 349 g/mol. The molecule has 138 valence electrons. The summed E-state index contributed by atoms with van der Waals surface area (Å²) in [6.07, 6.45) is 0.819. The van der Waals surface area contributed by atoms with Crippen LogP contribution in [0.3, 0.4) is 0 Å². The molecular formula is C18H27N3O4. The van der Waals surface area contributed by atoms with Crippen LogP contribution in [0.5, 0.6) is 11.5 Å². The number of benzene rings is 1. The zero-order valence-electron chi connectivity index (χ0n) is 15.3. The highest BCUT2D eigenvalue weighted by Gasteiger charge is 2.27. The van der Waals surface area contributed by atoms with Gasteiger partial charge in [0.25, 0.3) is 0 Å². The maximum absolute atomic E-state index is 12.2. The lowest BCUT2D eigenvalue weighted by Gasteiger charge is -2.33. The summed E-state index contributed by atoms with van der Waals surface area (Å²) in [4.78, 5) is 25.6. The van der Waals surface area contributed by atoms with E-state index in [1.165, 1.54) is 12.6 Å². The van der Waals surface area contributed by atoms with Gasteiger partial charge in [-0.15, -0.1) is 0 Å². The molecule has 0 spiro atoms. The molecule has 0 fully saturated rings. The van der Waals surface area contributed by atoms with E-state index in [1.54, 1.807) is 6.92 Å². The second-order valence-corrected chi connectivity index (χ2v) is 5.90. The fourth-order valence-corrected chi connectivity index (χ4v) is 2.90. The van der Waals surface area contributed by atoms with Gasteiger partial charge in [-0.2, -0.15) is 0 Å². The van der Waals surface area contributed by atoms with Crippen molar-refractivity contribution in [3.05, 3.63) is 23.3 Å². The van der Waals surface area contributed by atoms with Crippen LogP contribution in [-0.2, 0) is 17.8 Å². The number of urea groups is 1. The summed E-state index contributed by atoms with van der Waals surface area (Å²) in [6, 6.07) is 3.15. The van der Waals surface area contributed by atoms with Crippen molar-refractivity contribution in [2.45, 2.75) is 39.8 Å². The average Bonchev–Trinajstić information content (AvgIpc) is 2.61. The third kappa shape index (κ3) is 4.63. The topological polar surface area (TPSA) is 79.9 Å². The van der Waals surface area contributed by atoms with Crippen molar-refractivity contribution in [2.24, 2.45) is 0 Å². The lowest BCUT2D eigenvalue weighted by atomic mass is 9.97. The molecule has 0 radical (unpaired) electrons. The predicted molar refractivity (Wildman–Crippen MR) is 95.0 cm³/mol. The Kier molecular flexibility index (Phi) is 6.64. The van der Waals surface area contributed by atoms with Crippen molar-refractivity contribution in [1.29, 1.82) is 0 Å². The van der Waals surface area contributed by atoms with Crippen LogP contribution in [0.2, 0.25) is 0 Å². The van der Waals surface area contributed by atoms with Crippen LogP contribution in [0.15, 0.2) is 12.1 Å². The molecule has 0 aliphatic carbocycles. The highest BCUT2D eigenvalue weighted by Crippen LogP contribution is 2.34. The zero-order chi connectivity index (χ0) is 18.4. The van der Waals surface area contributed by atoms with E-state index < -0.39 is 12.1 Å². The molecule has 2 rings (SSSR count). The first-order valence-electron chi connectivity index (χ1n) is 8.68. The molecule has 1 aliphatic heterocycles. The Morgan fingerprint density at radius 2 is 1.76 bits per heavy atom. The van der Waals surface area contributed by atoms with Gasteiger partial charge in [-0.25, -0.2) is 4.79 Å². The molecule has 3 amide bonds. The van der Waals surface area contributed by atoms with Gasteiger partial charge in [-0.3, -0.25) is 15.0 Å². The number of hydrogen-bond donors (Lipinski definition) is 2. The SMILES string of the molecule is CCOc1cc2c(cc1OCC)CN([C@@H](C)C(=O)NC(=O)NC)CC2. The van der Waals surface area contributed by atoms with Crippen LogP contribution in [-0.4, -0.2) is 49.7 Å². The van der Waals surface area contributed by atoms with Gasteiger partial charge in [-0.1, -0.05) is 0 Å². The van der Waals surface area contributed by atoms with Gasteiger partial charge in [0.2, 0.25) is 5.91 Å². The van der Waals surface area contributed by atoms with Crippen LogP contribution >= 0.6 is 0 Å². The van der Waals surface area contributed by atoms with Crippen molar-refractivity contribution in [1.82, 2.24) is 15.5 Å². The van der Waals surface area contributed by atoms with Crippen LogP contribution in [0.4, 0.5) is 4.79 Å². The number of ether oxygens (including phenoxy) is 2. The minimum atomic E-state index is -0.491. The number of fused-ring (bicyclic) bond motifs is 1. The van der Waals surface area contributed by atoms with Crippen molar-refractivity contribution in [2.75, 3.05) is 26.8 Å². The summed E-state index contributed by atoms with van der Waals surface area (Å²) < 4.78 is 11.4. The van der Waals surface area contributed by atoms with E-state index >= 15 is 0 Å². The number of nitrogens with one attached hydrogen (secondary N) is 2. The first-order valence-corrected chi connectivity index (χ1v) is 8.68. The van der Waals surface area contributed by atoms with Gasteiger partial charge < -0.3 is 14.8 Å². The number of hydrogen-bond acceptors (Lipinski definition) is 5. The van der Waals surface area contributed by atoms with Gasteiger partial charge in [0, 0.05) is 20.1 Å². The van der Waals surface area contributed by atoms with Gasteiger partial charge in [0.15, 0.2) is 11.5 Å². The number of amides is 3. The Morgan fingerprint density at radius 1 is 1.16 bits per heavy atom. The Labute approximate surface area is 148 Å². The van der Waals surface area contributed by atoms with E-state index in [0.717, 1.165) is 30.0 Å². The third-order valence-corrected chi connectivity index (χ3v) is 4.30. The number of nitrogens with zero attached hydrogens (tertiary/aromatic N) is 1. The minimum Gasteiger partial charge on any atom is -0.490 e. The molecule has 0 saturated heterocycles. The standard InChI is InChI=1S/C18H27N3O4/c1-5-24-15-9-13-7-8-21(11-14(13)10-16(15)25-6-2)12(3)17(22)20-18(23)19-4/h9-10,12H,5-8,11H2,1-4H3,(H2,19,20,22,23)/t12-/m0/s1. The summed E-state index contributed by atoms with van der Waals surface area (Å²) in [5.41, 5.74) is 2.33. The van der Waals surface area contributed by atoms with Crippen LogP contribution < -0.4 is 20.1 Å². The quantitative estimate of drug-likeness (QED) is 0.817. The number of imide groups is 1. The smallest absolute Gasteiger partial charge is 0.321 e. The highest BCUT2D eigenvalue weighted by atomic mass is 16.5. The Balaban J connectivity index is 2.15. The summed E-state index contributed by atoms with van der Waals surface area (Å²) in [6.45, 7) is 8.21. The summed E-state index contributed by atoms with van der Waals surface area (Å²) in [5, 5.41) is 4.72. The van der Waals surface area contributed by atoms with Crippen LogP contribution in [0.25, 0.3) is 0 Å². The molecule has 7 heteroatoms. The highest BCUT2D eigenvalue weighted by molar-refractivity contribution is 5.96. The Morgan fingerprint density at radius 3 is 2.32 bits per heavy atom. The van der Waals surface area contributed by atoms with E-state index in [1.807, 2.05) is 26.0 Å². The molecule has 1 aliphatic rings. The van der Waals surface area contributed by atoms with Crippen molar-refractivity contribution in [3.8, 4) is 11.5 Å². The zero-order valence-corrected chi connectivity index (χ0v) is 15.3. The number of rotatable bonds is 6. The fraction of sp³-hybridized carbons (Fsp3) is 0.556. The monoisotopic (exact) mass is 349 g/mol. The van der Waals surface area contributed by atoms with Gasteiger partial charge in [0.1, 0.15) is 0 Å². The first kappa shape index (κ1) is 19.1. The van der Waals surface area contributed by atoms with E-state index in [0.29, 0.717) is 19.8 Å². The van der Waals surface area contributed by atoms with Crippen molar-refractivity contribution in [3.63, 3.8) is 0 Å². The predicted octanol–water partition coefficient (Wildman–Crippen LogP) is 1.69.